The van der Waals surface area contributed by atoms with E-state index in [1.807, 2.05) is 13.8 Å². The van der Waals surface area contributed by atoms with Crippen molar-refractivity contribution in [3.63, 3.8) is 0 Å². The molecule has 0 saturated carbocycles. The average molecular weight is 473 g/mol. The number of nitrogens with two attached hydrogens (primary N) is 1. The maximum atomic E-state index is 13.2. The van der Waals surface area contributed by atoms with Crippen molar-refractivity contribution in [2.45, 2.75) is 58.7 Å². The summed E-state index contributed by atoms with van der Waals surface area (Å²) in [5.41, 5.74) is 6.97. The molecule has 3 N–H and O–H groups in total. The first-order chi connectivity index (χ1) is 16.0. The lowest BCUT2D eigenvalue weighted by atomic mass is 9.98. The van der Waals surface area contributed by atoms with Crippen LogP contribution in [-0.2, 0) is 14.3 Å². The third-order valence-corrected chi connectivity index (χ3v) is 6.11. The first kappa shape index (κ1) is 25.4. The Kier molecular flexibility index (Phi) is 7.71. The van der Waals surface area contributed by atoms with E-state index in [1.54, 1.807) is 13.8 Å². The summed E-state index contributed by atoms with van der Waals surface area (Å²) in [6.07, 6.45) is 1.18. The molecule has 0 radical (unpaired) electrons. The van der Waals surface area contributed by atoms with Gasteiger partial charge in [-0.25, -0.2) is 9.78 Å². The van der Waals surface area contributed by atoms with Crippen molar-refractivity contribution in [3.8, 4) is 0 Å². The van der Waals surface area contributed by atoms with Crippen molar-refractivity contribution >= 4 is 34.7 Å². The zero-order valence-corrected chi connectivity index (χ0v) is 20.2. The van der Waals surface area contributed by atoms with Gasteiger partial charge in [0.2, 0.25) is 17.6 Å². The Morgan fingerprint density at radius 2 is 1.88 bits per heavy atom. The van der Waals surface area contributed by atoms with Crippen LogP contribution in [0.4, 0.5) is 0 Å². The number of esters is 1. The van der Waals surface area contributed by atoms with Crippen LogP contribution in [0.1, 0.15) is 61.6 Å². The number of ketones is 1. The number of rotatable bonds is 8. The number of Topliss-reactive ketones (excluding diaryl/α,β-unsaturated/α-hetero) is 1. The quantitative estimate of drug-likeness (QED) is 0.438. The number of benzene rings is 1. The number of carbonyl (C=O) groups is 4. The molecule has 1 aromatic carbocycles. The fraction of sp³-hybridized carbons (Fsp3) is 0.542. The van der Waals surface area contributed by atoms with E-state index in [-0.39, 0.29) is 29.2 Å². The summed E-state index contributed by atoms with van der Waals surface area (Å²) in [6.45, 7) is 7.76. The number of carbonyl (C=O) groups excluding carboxylic acids is 4. The van der Waals surface area contributed by atoms with Crippen LogP contribution in [0, 0.1) is 11.8 Å². The number of aromatic nitrogens is 1. The van der Waals surface area contributed by atoms with Gasteiger partial charge in [0.05, 0.1) is 24.8 Å². The van der Waals surface area contributed by atoms with Gasteiger partial charge in [0.1, 0.15) is 11.6 Å². The van der Waals surface area contributed by atoms with Gasteiger partial charge in [-0.2, -0.15) is 0 Å². The number of hydrogen-bond acceptors (Lipinski definition) is 8. The number of fused-ring (bicyclic) bond motifs is 1. The summed E-state index contributed by atoms with van der Waals surface area (Å²) >= 11 is 0. The SMILES string of the molecule is COC(=O)c1ccc2oc(C(=O)C(NC(=O)[C@@H]3CCCN3C(=O)C(N)C(C)C)C(C)C)nc2c1. The molecule has 2 aromatic rings. The Balaban J connectivity index is 1.79. The molecule has 0 bridgehead atoms. The van der Waals surface area contributed by atoms with Crippen molar-refractivity contribution in [1.29, 1.82) is 0 Å². The lowest BCUT2D eigenvalue weighted by molar-refractivity contribution is -0.140. The molecule has 1 aliphatic rings. The van der Waals surface area contributed by atoms with Crippen LogP contribution in [-0.4, -0.2) is 65.2 Å². The minimum absolute atomic E-state index is 0.0549. The predicted molar refractivity (Wildman–Crippen MR) is 124 cm³/mol. The standard InChI is InChI=1S/C24H32N4O6/c1-12(2)18(25)23(31)28-10-6-7-16(28)21(30)27-19(13(3)4)20(29)22-26-15-11-14(24(32)33-5)8-9-17(15)34-22/h8-9,11-13,16,18-19H,6-7,10,25H2,1-5H3,(H,27,30)/t16-,18?,19?/m0/s1. The molecule has 2 unspecified atom stereocenters. The molecule has 1 fully saturated rings. The maximum Gasteiger partial charge on any atom is 0.337 e. The molecule has 1 aliphatic heterocycles. The Hall–Kier alpha value is -3.27. The molecular weight excluding hydrogens is 440 g/mol. The Morgan fingerprint density at radius 1 is 1.18 bits per heavy atom. The highest BCUT2D eigenvalue weighted by atomic mass is 16.5. The van der Waals surface area contributed by atoms with Crippen molar-refractivity contribution in [2.75, 3.05) is 13.7 Å². The summed E-state index contributed by atoms with van der Waals surface area (Å²) in [6, 6.07) is 2.25. The van der Waals surface area contributed by atoms with Crippen molar-refractivity contribution in [2.24, 2.45) is 17.6 Å². The van der Waals surface area contributed by atoms with E-state index >= 15 is 0 Å². The lowest BCUT2D eigenvalue weighted by Gasteiger charge is -2.29. The van der Waals surface area contributed by atoms with Gasteiger partial charge in [0.25, 0.3) is 5.89 Å². The topological polar surface area (TPSA) is 145 Å². The van der Waals surface area contributed by atoms with Crippen LogP contribution >= 0.6 is 0 Å². The van der Waals surface area contributed by atoms with Crippen LogP contribution < -0.4 is 11.1 Å². The zero-order chi connectivity index (χ0) is 25.2. The summed E-state index contributed by atoms with van der Waals surface area (Å²) in [7, 11) is 1.27. The lowest BCUT2D eigenvalue weighted by Crippen LogP contribution is -2.55. The molecule has 2 heterocycles. The molecule has 10 heteroatoms. The van der Waals surface area contributed by atoms with E-state index in [2.05, 4.69) is 10.3 Å². The summed E-state index contributed by atoms with van der Waals surface area (Å²) < 4.78 is 10.3. The molecule has 1 saturated heterocycles. The van der Waals surface area contributed by atoms with Crippen LogP contribution in [0.3, 0.4) is 0 Å². The van der Waals surface area contributed by atoms with Crippen LogP contribution in [0.25, 0.3) is 11.1 Å². The van der Waals surface area contributed by atoms with Crippen LogP contribution in [0.15, 0.2) is 22.6 Å². The molecule has 10 nitrogen and oxygen atoms in total. The van der Waals surface area contributed by atoms with Crippen LogP contribution in [0.2, 0.25) is 0 Å². The number of nitrogens with one attached hydrogen (secondary N) is 1. The molecule has 184 valence electrons. The summed E-state index contributed by atoms with van der Waals surface area (Å²) in [4.78, 5) is 56.6. The van der Waals surface area contributed by atoms with Gasteiger partial charge in [0.15, 0.2) is 5.58 Å². The minimum atomic E-state index is -0.906. The second-order valence-corrected chi connectivity index (χ2v) is 9.25. The van der Waals surface area contributed by atoms with Gasteiger partial charge in [-0.3, -0.25) is 14.4 Å². The molecule has 3 rings (SSSR count). The fourth-order valence-electron chi connectivity index (χ4n) is 3.97. The van der Waals surface area contributed by atoms with E-state index in [4.69, 9.17) is 14.9 Å². The molecule has 34 heavy (non-hydrogen) atoms. The number of hydrogen-bond donors (Lipinski definition) is 2. The highest BCUT2D eigenvalue weighted by Crippen LogP contribution is 2.22. The van der Waals surface area contributed by atoms with Gasteiger partial charge >= 0.3 is 5.97 Å². The Labute approximate surface area is 198 Å². The number of likely N-dealkylation sites (tertiary alicyclic amines) is 1. The van der Waals surface area contributed by atoms with Crippen molar-refractivity contribution in [3.05, 3.63) is 29.7 Å². The van der Waals surface area contributed by atoms with E-state index in [0.29, 0.717) is 30.5 Å². The zero-order valence-electron chi connectivity index (χ0n) is 20.2. The molecule has 3 atom stereocenters. The first-order valence-corrected chi connectivity index (χ1v) is 11.4. The van der Waals surface area contributed by atoms with Gasteiger partial charge in [-0.05, 0) is 42.9 Å². The predicted octanol–water partition coefficient (Wildman–Crippen LogP) is 1.91. The highest BCUT2D eigenvalue weighted by Gasteiger charge is 2.39. The second-order valence-electron chi connectivity index (χ2n) is 9.25. The van der Waals surface area contributed by atoms with Gasteiger partial charge in [-0.1, -0.05) is 27.7 Å². The number of amides is 2. The molecule has 1 aromatic heterocycles. The number of nitrogens with zero attached hydrogens (tertiary/aromatic N) is 2. The summed E-state index contributed by atoms with van der Waals surface area (Å²) in [5, 5.41) is 2.80. The minimum Gasteiger partial charge on any atom is -0.465 e. The van der Waals surface area contributed by atoms with Gasteiger partial charge in [-0.15, -0.1) is 0 Å². The second kappa shape index (κ2) is 10.3. The number of methoxy groups -OCH3 is 1. The van der Waals surface area contributed by atoms with Gasteiger partial charge < -0.3 is 25.1 Å². The molecular formula is C24H32N4O6. The third kappa shape index (κ3) is 5.11. The van der Waals surface area contributed by atoms with E-state index in [0.717, 1.165) is 0 Å². The number of ether oxygens (including phenoxy) is 1. The van der Waals surface area contributed by atoms with E-state index in [1.165, 1.54) is 30.2 Å². The Bertz CT molecular complexity index is 1090. The van der Waals surface area contributed by atoms with Gasteiger partial charge in [0, 0.05) is 6.54 Å². The van der Waals surface area contributed by atoms with Crippen LogP contribution in [0.5, 0.6) is 0 Å². The largest absolute Gasteiger partial charge is 0.465 e. The first-order valence-electron chi connectivity index (χ1n) is 11.4. The van der Waals surface area contributed by atoms with Crippen molar-refractivity contribution in [1.82, 2.24) is 15.2 Å². The highest BCUT2D eigenvalue weighted by molar-refractivity contribution is 6.02. The maximum absolute atomic E-state index is 13.2. The molecule has 0 aliphatic carbocycles. The monoisotopic (exact) mass is 472 g/mol. The smallest absolute Gasteiger partial charge is 0.337 e. The average Bonchev–Trinajstić information content (AvgIpc) is 3.46. The third-order valence-electron chi connectivity index (χ3n) is 6.11. The van der Waals surface area contributed by atoms with E-state index < -0.39 is 35.8 Å². The van der Waals surface area contributed by atoms with E-state index in [9.17, 15) is 19.2 Å². The molecule has 2 amide bonds. The number of oxazole rings is 1. The van der Waals surface area contributed by atoms with Crippen molar-refractivity contribution < 1.29 is 28.3 Å². The Morgan fingerprint density at radius 3 is 2.50 bits per heavy atom. The fourth-order valence-corrected chi connectivity index (χ4v) is 3.97. The summed E-state index contributed by atoms with van der Waals surface area (Å²) in [5.74, 6) is -2.18. The molecule has 0 spiro atoms. The normalized spacial score (nSPS) is 17.8.